The van der Waals surface area contributed by atoms with E-state index in [0.29, 0.717) is 19.1 Å². The van der Waals surface area contributed by atoms with Gasteiger partial charge < -0.3 is 19.5 Å². The van der Waals surface area contributed by atoms with Gasteiger partial charge in [0, 0.05) is 18.4 Å². The maximum atomic E-state index is 11.9. The number of hydrogen-bond donors (Lipinski definition) is 1. The standard InChI is InChI=1S/C22H39NO4/c1-2-3-4-6-12-22(26-15-16-27-22)14-9-19-8-5-7-11-21(19)13-10-20(17-24)23(21)18-25/h18-20,24H,2-17H2,1H3/t19-,20+,21+/m0/s1. The molecule has 5 nitrogen and oxygen atoms in total. The summed E-state index contributed by atoms with van der Waals surface area (Å²) in [6, 6.07) is 0.00471. The topological polar surface area (TPSA) is 59.0 Å². The highest BCUT2D eigenvalue weighted by Gasteiger charge is 2.51. The lowest BCUT2D eigenvalue weighted by atomic mass is 9.69. The van der Waals surface area contributed by atoms with Crippen molar-refractivity contribution in [1.29, 1.82) is 0 Å². The molecular weight excluding hydrogens is 342 g/mol. The van der Waals surface area contributed by atoms with Crippen LogP contribution >= 0.6 is 0 Å². The van der Waals surface area contributed by atoms with Crippen LogP contribution in [0.15, 0.2) is 0 Å². The Hall–Kier alpha value is -0.650. The largest absolute Gasteiger partial charge is 0.394 e. The van der Waals surface area contributed by atoms with Crippen LogP contribution < -0.4 is 0 Å². The molecule has 2 aliphatic heterocycles. The Balaban J connectivity index is 1.64. The number of carbonyl (C=O) groups is 1. The molecule has 0 aromatic heterocycles. The van der Waals surface area contributed by atoms with E-state index in [2.05, 4.69) is 6.92 Å². The van der Waals surface area contributed by atoms with Gasteiger partial charge in [-0.3, -0.25) is 4.79 Å². The summed E-state index contributed by atoms with van der Waals surface area (Å²) in [5, 5.41) is 9.71. The number of rotatable bonds is 10. The minimum atomic E-state index is -0.395. The highest BCUT2D eigenvalue weighted by Crippen LogP contribution is 2.49. The van der Waals surface area contributed by atoms with Gasteiger partial charge in [-0.05, 0) is 44.4 Å². The van der Waals surface area contributed by atoms with E-state index in [1.54, 1.807) is 0 Å². The molecule has 1 N–H and O–H groups in total. The summed E-state index contributed by atoms with van der Waals surface area (Å²) >= 11 is 0. The zero-order valence-electron chi connectivity index (χ0n) is 17.2. The van der Waals surface area contributed by atoms with E-state index in [4.69, 9.17) is 9.47 Å². The van der Waals surface area contributed by atoms with E-state index >= 15 is 0 Å². The number of likely N-dealkylation sites (tertiary alicyclic amines) is 1. The fraction of sp³-hybridized carbons (Fsp3) is 0.955. The molecule has 0 radical (unpaired) electrons. The molecule has 1 saturated carbocycles. The maximum Gasteiger partial charge on any atom is 0.210 e. The molecule has 0 aromatic carbocycles. The van der Waals surface area contributed by atoms with Crippen LogP contribution in [-0.2, 0) is 14.3 Å². The minimum absolute atomic E-state index is 0.00471. The molecule has 3 rings (SSSR count). The molecule has 2 saturated heterocycles. The predicted molar refractivity (Wildman–Crippen MR) is 105 cm³/mol. The van der Waals surface area contributed by atoms with Crippen molar-refractivity contribution in [1.82, 2.24) is 4.90 Å². The van der Waals surface area contributed by atoms with E-state index in [0.717, 1.165) is 51.4 Å². The first-order valence-corrected chi connectivity index (χ1v) is 11.3. The van der Waals surface area contributed by atoms with Gasteiger partial charge in [0.15, 0.2) is 5.79 Å². The summed E-state index contributed by atoms with van der Waals surface area (Å²) in [5.41, 5.74) is -0.0462. The quantitative estimate of drug-likeness (QED) is 0.459. The number of unbranched alkanes of at least 4 members (excludes halogenated alkanes) is 3. The molecule has 1 amide bonds. The van der Waals surface area contributed by atoms with Crippen molar-refractivity contribution in [2.75, 3.05) is 19.8 Å². The van der Waals surface area contributed by atoms with E-state index in [9.17, 15) is 9.90 Å². The smallest absolute Gasteiger partial charge is 0.210 e. The molecule has 156 valence electrons. The third-order valence-electron chi connectivity index (χ3n) is 7.41. The van der Waals surface area contributed by atoms with Gasteiger partial charge in [-0.25, -0.2) is 0 Å². The fourth-order valence-electron chi connectivity index (χ4n) is 5.92. The van der Waals surface area contributed by atoms with Crippen LogP contribution in [0.3, 0.4) is 0 Å². The van der Waals surface area contributed by atoms with Crippen molar-refractivity contribution in [3.8, 4) is 0 Å². The Kier molecular flexibility index (Phi) is 7.57. The van der Waals surface area contributed by atoms with Crippen LogP contribution in [0.25, 0.3) is 0 Å². The molecule has 3 atom stereocenters. The number of aliphatic hydroxyl groups is 1. The van der Waals surface area contributed by atoms with Crippen LogP contribution in [0, 0.1) is 5.92 Å². The highest BCUT2D eigenvalue weighted by atomic mass is 16.7. The molecule has 5 heteroatoms. The van der Waals surface area contributed by atoms with Crippen molar-refractivity contribution in [2.45, 2.75) is 108 Å². The SMILES string of the molecule is CCCCCCC1(CC[C@@H]2CCCC[C@@]23CC[C@H](CO)N3C=O)OCCO1. The molecule has 2 heterocycles. The zero-order valence-corrected chi connectivity index (χ0v) is 17.2. The van der Waals surface area contributed by atoms with Gasteiger partial charge >= 0.3 is 0 Å². The summed E-state index contributed by atoms with van der Waals surface area (Å²) in [7, 11) is 0. The second-order valence-electron chi connectivity index (χ2n) is 8.89. The Morgan fingerprint density at radius 3 is 2.59 bits per heavy atom. The van der Waals surface area contributed by atoms with Crippen molar-refractivity contribution in [3.63, 3.8) is 0 Å². The summed E-state index contributed by atoms with van der Waals surface area (Å²) < 4.78 is 12.2. The first-order chi connectivity index (χ1) is 13.2. The Morgan fingerprint density at radius 1 is 1.07 bits per heavy atom. The van der Waals surface area contributed by atoms with Crippen molar-refractivity contribution in [2.24, 2.45) is 5.92 Å². The highest BCUT2D eigenvalue weighted by molar-refractivity contribution is 5.51. The molecule has 1 aliphatic carbocycles. The normalized spacial score (nSPS) is 33.0. The van der Waals surface area contributed by atoms with Crippen LogP contribution in [0.2, 0.25) is 0 Å². The summed E-state index contributed by atoms with van der Waals surface area (Å²) in [4.78, 5) is 13.9. The first kappa shape index (κ1) is 21.1. The molecule has 0 aromatic rings. The van der Waals surface area contributed by atoms with Crippen molar-refractivity contribution < 1.29 is 19.4 Å². The fourth-order valence-corrected chi connectivity index (χ4v) is 5.92. The third-order valence-corrected chi connectivity index (χ3v) is 7.41. The predicted octanol–water partition coefficient (Wildman–Crippen LogP) is 4.02. The average molecular weight is 382 g/mol. The monoisotopic (exact) mass is 381 g/mol. The van der Waals surface area contributed by atoms with Crippen LogP contribution in [0.4, 0.5) is 0 Å². The van der Waals surface area contributed by atoms with Crippen LogP contribution in [0.5, 0.6) is 0 Å². The van der Waals surface area contributed by atoms with Gasteiger partial charge in [0.2, 0.25) is 6.41 Å². The van der Waals surface area contributed by atoms with Gasteiger partial charge in [0.05, 0.1) is 25.9 Å². The van der Waals surface area contributed by atoms with E-state index in [1.165, 1.54) is 38.5 Å². The molecule has 1 spiro atoms. The zero-order chi connectivity index (χ0) is 19.2. The lowest BCUT2D eigenvalue weighted by Gasteiger charge is -2.48. The molecule has 3 fully saturated rings. The van der Waals surface area contributed by atoms with Crippen molar-refractivity contribution >= 4 is 6.41 Å². The Morgan fingerprint density at radius 2 is 1.89 bits per heavy atom. The number of nitrogens with zero attached hydrogens (tertiary/aromatic N) is 1. The number of amides is 1. The van der Waals surface area contributed by atoms with Gasteiger partial charge in [-0.1, -0.05) is 39.0 Å². The molecular formula is C22H39NO4. The van der Waals surface area contributed by atoms with E-state index in [1.807, 2.05) is 4.90 Å². The molecule has 0 bridgehead atoms. The second kappa shape index (κ2) is 9.71. The Bertz CT molecular complexity index is 465. The molecule has 3 aliphatic rings. The number of aliphatic hydroxyl groups excluding tert-OH is 1. The van der Waals surface area contributed by atoms with E-state index in [-0.39, 0.29) is 18.2 Å². The minimum Gasteiger partial charge on any atom is -0.394 e. The maximum absolute atomic E-state index is 11.9. The van der Waals surface area contributed by atoms with Gasteiger partial charge in [-0.2, -0.15) is 0 Å². The van der Waals surface area contributed by atoms with Gasteiger partial charge in [-0.15, -0.1) is 0 Å². The third kappa shape index (κ3) is 4.51. The number of ether oxygens (including phenoxy) is 2. The average Bonchev–Trinajstić information content (AvgIpc) is 3.30. The lowest BCUT2D eigenvalue weighted by molar-refractivity contribution is -0.173. The Labute approximate surface area is 164 Å². The van der Waals surface area contributed by atoms with Crippen LogP contribution in [0.1, 0.15) is 90.4 Å². The number of hydrogen-bond acceptors (Lipinski definition) is 4. The second-order valence-corrected chi connectivity index (χ2v) is 8.89. The van der Waals surface area contributed by atoms with E-state index < -0.39 is 5.79 Å². The molecule has 27 heavy (non-hydrogen) atoms. The number of carbonyl (C=O) groups excluding carboxylic acids is 1. The summed E-state index contributed by atoms with van der Waals surface area (Å²) in [6.45, 7) is 3.73. The first-order valence-electron chi connectivity index (χ1n) is 11.3. The van der Waals surface area contributed by atoms with Crippen LogP contribution in [-0.4, -0.2) is 53.6 Å². The van der Waals surface area contributed by atoms with Gasteiger partial charge in [0.25, 0.3) is 0 Å². The lowest BCUT2D eigenvalue weighted by Crippen LogP contribution is -2.54. The summed E-state index contributed by atoms with van der Waals surface area (Å²) in [6.07, 6.45) is 15.6. The molecule has 0 unspecified atom stereocenters. The summed E-state index contributed by atoms with van der Waals surface area (Å²) in [5.74, 6) is 0.0983. The van der Waals surface area contributed by atoms with Gasteiger partial charge in [0.1, 0.15) is 0 Å². The van der Waals surface area contributed by atoms with Crippen molar-refractivity contribution in [3.05, 3.63) is 0 Å².